The molecule has 0 aliphatic rings. The van der Waals surface area contributed by atoms with Crippen LogP contribution in [-0.4, -0.2) is 35.0 Å². The Balaban J connectivity index is 1.75. The van der Waals surface area contributed by atoms with Gasteiger partial charge in [0.25, 0.3) is 0 Å². The van der Waals surface area contributed by atoms with Crippen LogP contribution in [0.3, 0.4) is 0 Å². The van der Waals surface area contributed by atoms with Gasteiger partial charge in [-0.2, -0.15) is 0 Å². The van der Waals surface area contributed by atoms with E-state index in [0.29, 0.717) is 18.0 Å². The molecule has 0 saturated heterocycles. The first-order valence-electron chi connectivity index (χ1n) is 8.24. The van der Waals surface area contributed by atoms with Gasteiger partial charge in [0, 0.05) is 23.7 Å². The van der Waals surface area contributed by atoms with Crippen LogP contribution in [0.15, 0.2) is 40.3 Å². The molecule has 3 aromatic rings. The molecule has 136 valence electrons. The van der Waals surface area contributed by atoms with Gasteiger partial charge < -0.3 is 9.15 Å². The Morgan fingerprint density at radius 3 is 2.69 bits per heavy atom. The number of ether oxygens (including phenoxy) is 1. The molecule has 0 amide bonds. The predicted molar refractivity (Wildman–Crippen MR) is 100 cm³/mol. The number of carbonyl (C=O) groups is 1. The summed E-state index contributed by atoms with van der Waals surface area (Å²) in [7, 11) is 3.41. The molecule has 0 fully saturated rings. The molecule has 1 aromatic carbocycles. The number of methoxy groups -OCH3 is 1. The topological polar surface area (TPSA) is 68.5 Å². The van der Waals surface area contributed by atoms with E-state index in [-0.39, 0.29) is 12.0 Å². The van der Waals surface area contributed by atoms with E-state index < -0.39 is 0 Å². The third kappa shape index (κ3) is 3.84. The number of benzene rings is 1. The van der Waals surface area contributed by atoms with Crippen molar-refractivity contribution in [1.82, 2.24) is 14.9 Å². The molecule has 7 heteroatoms. The summed E-state index contributed by atoms with van der Waals surface area (Å²) >= 11 is 1.65. The lowest BCUT2D eigenvalue weighted by Gasteiger charge is -2.21. The smallest absolute Gasteiger partial charge is 0.337 e. The summed E-state index contributed by atoms with van der Waals surface area (Å²) in [6, 6.07) is 7.23. The molecule has 1 atom stereocenters. The van der Waals surface area contributed by atoms with Crippen LogP contribution < -0.4 is 0 Å². The predicted octanol–water partition coefficient (Wildman–Crippen LogP) is 4.09. The van der Waals surface area contributed by atoms with Gasteiger partial charge in [-0.25, -0.2) is 14.8 Å². The van der Waals surface area contributed by atoms with Gasteiger partial charge in [0.05, 0.1) is 24.4 Å². The number of rotatable bonds is 6. The Bertz CT molecular complexity index is 872. The highest BCUT2D eigenvalue weighted by Crippen LogP contribution is 2.26. The fourth-order valence-corrected chi connectivity index (χ4v) is 3.33. The van der Waals surface area contributed by atoms with Crippen LogP contribution >= 0.6 is 11.3 Å². The first-order chi connectivity index (χ1) is 12.5. The lowest BCUT2D eigenvalue weighted by Crippen LogP contribution is -2.22. The molecule has 0 aliphatic carbocycles. The minimum Gasteiger partial charge on any atom is -0.465 e. The molecule has 0 bridgehead atoms. The number of oxazole rings is 1. The quantitative estimate of drug-likeness (QED) is 0.608. The van der Waals surface area contributed by atoms with Crippen molar-refractivity contribution < 1.29 is 13.9 Å². The first-order valence-corrected chi connectivity index (χ1v) is 9.12. The Labute approximate surface area is 156 Å². The monoisotopic (exact) mass is 371 g/mol. The summed E-state index contributed by atoms with van der Waals surface area (Å²) < 4.78 is 10.5. The SMILES string of the molecule is COC(=O)c1ccc(-c2nc(CN(C)C(C)c3nccs3)c(C)o2)cc1. The average molecular weight is 371 g/mol. The van der Waals surface area contributed by atoms with Crippen molar-refractivity contribution >= 4 is 17.3 Å². The summed E-state index contributed by atoms with van der Waals surface area (Å²) in [6.07, 6.45) is 1.82. The van der Waals surface area contributed by atoms with E-state index in [1.165, 1.54) is 7.11 Å². The Hall–Kier alpha value is -2.51. The number of hydrogen-bond donors (Lipinski definition) is 0. The second kappa shape index (κ2) is 7.80. The van der Waals surface area contributed by atoms with Gasteiger partial charge >= 0.3 is 5.97 Å². The van der Waals surface area contributed by atoms with Crippen LogP contribution in [0, 0.1) is 6.92 Å². The van der Waals surface area contributed by atoms with Crippen molar-refractivity contribution in [3.05, 3.63) is 57.9 Å². The standard InChI is InChI=1S/C19H21N3O3S/c1-12(18-20-9-10-26-18)22(3)11-16-13(2)25-17(21-16)14-5-7-15(8-6-14)19(23)24-4/h5-10,12H,11H2,1-4H3. The number of aryl methyl sites for hydroxylation is 1. The maximum Gasteiger partial charge on any atom is 0.337 e. The third-order valence-electron chi connectivity index (χ3n) is 4.31. The molecule has 26 heavy (non-hydrogen) atoms. The van der Waals surface area contributed by atoms with Crippen molar-refractivity contribution in [1.29, 1.82) is 0 Å². The Morgan fingerprint density at radius 2 is 2.08 bits per heavy atom. The highest BCUT2D eigenvalue weighted by Gasteiger charge is 2.19. The highest BCUT2D eigenvalue weighted by atomic mass is 32.1. The number of hydrogen-bond acceptors (Lipinski definition) is 7. The molecule has 2 heterocycles. The van der Waals surface area contributed by atoms with E-state index in [0.717, 1.165) is 22.0 Å². The van der Waals surface area contributed by atoms with E-state index in [1.54, 1.807) is 23.5 Å². The van der Waals surface area contributed by atoms with Crippen LogP contribution in [0.1, 0.15) is 39.8 Å². The molecule has 3 rings (SSSR count). The zero-order chi connectivity index (χ0) is 18.7. The molecule has 2 aromatic heterocycles. The summed E-state index contributed by atoms with van der Waals surface area (Å²) in [6.45, 7) is 4.70. The summed E-state index contributed by atoms with van der Waals surface area (Å²) in [4.78, 5) is 22.7. The normalized spacial score (nSPS) is 12.3. The van der Waals surface area contributed by atoms with Gasteiger partial charge in [-0.15, -0.1) is 11.3 Å². The van der Waals surface area contributed by atoms with Crippen molar-refractivity contribution in [3.63, 3.8) is 0 Å². The zero-order valence-electron chi connectivity index (χ0n) is 15.2. The van der Waals surface area contributed by atoms with Gasteiger partial charge in [-0.1, -0.05) is 0 Å². The molecule has 0 N–H and O–H groups in total. The van der Waals surface area contributed by atoms with Crippen LogP contribution in [0.25, 0.3) is 11.5 Å². The fourth-order valence-electron chi connectivity index (χ4n) is 2.57. The summed E-state index contributed by atoms with van der Waals surface area (Å²) in [5.41, 5.74) is 2.21. The van der Waals surface area contributed by atoms with Crippen LogP contribution in [0.5, 0.6) is 0 Å². The minimum atomic E-state index is -0.362. The first kappa shape index (κ1) is 18.3. The maximum absolute atomic E-state index is 11.5. The Kier molecular flexibility index (Phi) is 5.49. The summed E-state index contributed by atoms with van der Waals surface area (Å²) in [5, 5.41) is 3.06. The summed E-state index contributed by atoms with van der Waals surface area (Å²) in [5.74, 6) is 0.970. The van der Waals surface area contributed by atoms with Gasteiger partial charge in [0.1, 0.15) is 10.8 Å². The maximum atomic E-state index is 11.5. The van der Waals surface area contributed by atoms with Gasteiger partial charge in [0.15, 0.2) is 0 Å². The van der Waals surface area contributed by atoms with Crippen molar-refractivity contribution in [2.45, 2.75) is 26.4 Å². The van der Waals surface area contributed by atoms with Crippen LogP contribution in [0.4, 0.5) is 0 Å². The molecular formula is C19H21N3O3S. The van der Waals surface area contributed by atoms with Gasteiger partial charge in [-0.05, 0) is 45.2 Å². The van der Waals surface area contributed by atoms with Crippen molar-refractivity contribution in [2.75, 3.05) is 14.2 Å². The average Bonchev–Trinajstić information content (AvgIpc) is 3.31. The molecule has 0 radical (unpaired) electrons. The molecule has 0 aliphatic heterocycles. The van der Waals surface area contributed by atoms with Gasteiger partial charge in [0.2, 0.25) is 5.89 Å². The van der Waals surface area contributed by atoms with E-state index >= 15 is 0 Å². The van der Waals surface area contributed by atoms with E-state index in [1.807, 2.05) is 37.7 Å². The third-order valence-corrected chi connectivity index (χ3v) is 5.26. The second-order valence-electron chi connectivity index (χ2n) is 6.05. The fraction of sp³-hybridized carbons (Fsp3) is 0.316. The zero-order valence-corrected chi connectivity index (χ0v) is 16.0. The molecule has 6 nitrogen and oxygen atoms in total. The van der Waals surface area contributed by atoms with E-state index in [9.17, 15) is 4.79 Å². The number of carbonyl (C=O) groups excluding carboxylic acids is 1. The molecule has 0 spiro atoms. The number of thiazole rings is 1. The van der Waals surface area contributed by atoms with Crippen LogP contribution in [-0.2, 0) is 11.3 Å². The van der Waals surface area contributed by atoms with E-state index in [4.69, 9.17) is 9.15 Å². The lowest BCUT2D eigenvalue weighted by molar-refractivity contribution is 0.0600. The second-order valence-corrected chi connectivity index (χ2v) is 6.98. The van der Waals surface area contributed by atoms with Crippen molar-refractivity contribution in [2.24, 2.45) is 0 Å². The minimum absolute atomic E-state index is 0.203. The van der Waals surface area contributed by atoms with E-state index in [2.05, 4.69) is 21.8 Å². The molecule has 1 unspecified atom stereocenters. The van der Waals surface area contributed by atoms with Gasteiger partial charge in [-0.3, -0.25) is 4.90 Å². The largest absolute Gasteiger partial charge is 0.465 e. The number of esters is 1. The molecule has 0 saturated carbocycles. The highest BCUT2D eigenvalue weighted by molar-refractivity contribution is 7.09. The van der Waals surface area contributed by atoms with Crippen molar-refractivity contribution in [3.8, 4) is 11.5 Å². The number of aromatic nitrogens is 2. The Morgan fingerprint density at radius 1 is 1.35 bits per heavy atom. The van der Waals surface area contributed by atoms with Crippen LogP contribution in [0.2, 0.25) is 0 Å². The number of nitrogens with zero attached hydrogens (tertiary/aromatic N) is 3. The lowest BCUT2D eigenvalue weighted by atomic mass is 10.1. The molecular weight excluding hydrogens is 350 g/mol.